The number of morpholine rings is 1. The van der Waals surface area contributed by atoms with E-state index < -0.39 is 5.97 Å². The minimum atomic E-state index is -1.20. The summed E-state index contributed by atoms with van der Waals surface area (Å²) in [5.74, 6) is -1.33. The Kier molecular flexibility index (Phi) is 3.47. The highest BCUT2D eigenvalue weighted by molar-refractivity contribution is 5.91. The Morgan fingerprint density at radius 2 is 2.11 bits per heavy atom. The lowest BCUT2D eigenvalue weighted by atomic mass is 10.4. The maximum Gasteiger partial charge on any atom is 0.358 e. The first-order valence-electron chi connectivity index (χ1n) is 5.49. The summed E-state index contributed by atoms with van der Waals surface area (Å²) < 4.78 is 6.39. The van der Waals surface area contributed by atoms with E-state index >= 15 is 0 Å². The second-order valence-electron chi connectivity index (χ2n) is 3.93. The molecule has 1 aliphatic rings. The molecule has 1 saturated heterocycles. The molecule has 8 heteroatoms. The average molecular weight is 254 g/mol. The molecular weight excluding hydrogens is 240 g/mol. The quantitative estimate of drug-likeness (QED) is 0.717. The highest BCUT2D eigenvalue weighted by Gasteiger charge is 2.19. The van der Waals surface area contributed by atoms with E-state index in [1.165, 1.54) is 10.9 Å². The van der Waals surface area contributed by atoms with E-state index in [1.807, 2.05) is 0 Å². The summed E-state index contributed by atoms with van der Waals surface area (Å²) in [5, 5.41) is 12.6. The molecule has 8 nitrogen and oxygen atoms in total. The summed E-state index contributed by atoms with van der Waals surface area (Å²) in [5.41, 5.74) is 5.31. The Balaban J connectivity index is 2.02. The van der Waals surface area contributed by atoms with Crippen LogP contribution < -0.4 is 5.73 Å². The topological polar surface area (TPSA) is 111 Å². The fourth-order valence-corrected chi connectivity index (χ4v) is 1.74. The molecule has 0 saturated carbocycles. The zero-order chi connectivity index (χ0) is 13.1. The smallest absolute Gasteiger partial charge is 0.358 e. The molecule has 0 atom stereocenters. The van der Waals surface area contributed by atoms with Gasteiger partial charge in [0.1, 0.15) is 6.54 Å². The molecule has 0 spiro atoms. The van der Waals surface area contributed by atoms with Crippen LogP contribution in [0.1, 0.15) is 10.5 Å². The van der Waals surface area contributed by atoms with Crippen LogP contribution in [0, 0.1) is 0 Å². The van der Waals surface area contributed by atoms with E-state index in [-0.39, 0.29) is 23.8 Å². The zero-order valence-corrected chi connectivity index (χ0v) is 9.70. The van der Waals surface area contributed by atoms with Crippen LogP contribution >= 0.6 is 0 Å². The van der Waals surface area contributed by atoms with Gasteiger partial charge in [-0.15, -0.1) is 0 Å². The molecular formula is C10H14N4O4. The number of hydrogen-bond acceptors (Lipinski definition) is 5. The van der Waals surface area contributed by atoms with Crippen LogP contribution in [0.2, 0.25) is 0 Å². The minimum absolute atomic E-state index is 0.0164. The number of nitrogens with zero attached hydrogens (tertiary/aromatic N) is 3. The van der Waals surface area contributed by atoms with Crippen molar-refractivity contribution < 1.29 is 19.4 Å². The zero-order valence-electron chi connectivity index (χ0n) is 9.70. The molecule has 1 aliphatic heterocycles. The van der Waals surface area contributed by atoms with Gasteiger partial charge in [0, 0.05) is 19.3 Å². The summed E-state index contributed by atoms with van der Waals surface area (Å²) in [6.45, 7) is 2.11. The van der Waals surface area contributed by atoms with Crippen LogP contribution in [-0.4, -0.2) is 58.0 Å². The van der Waals surface area contributed by atoms with E-state index in [2.05, 4.69) is 5.10 Å². The van der Waals surface area contributed by atoms with E-state index in [0.29, 0.717) is 26.3 Å². The van der Waals surface area contributed by atoms with Gasteiger partial charge in [-0.3, -0.25) is 9.48 Å². The van der Waals surface area contributed by atoms with Gasteiger partial charge in [-0.1, -0.05) is 0 Å². The first-order valence-corrected chi connectivity index (χ1v) is 5.49. The Morgan fingerprint density at radius 1 is 1.44 bits per heavy atom. The third-order valence-electron chi connectivity index (χ3n) is 2.65. The van der Waals surface area contributed by atoms with Gasteiger partial charge in [0.05, 0.1) is 18.9 Å². The number of carbonyl (C=O) groups excluding carboxylic acids is 1. The van der Waals surface area contributed by atoms with Crippen LogP contribution in [0.25, 0.3) is 0 Å². The number of nitrogens with two attached hydrogens (primary N) is 1. The van der Waals surface area contributed by atoms with Crippen molar-refractivity contribution in [3.8, 4) is 0 Å². The van der Waals surface area contributed by atoms with E-state index in [1.54, 1.807) is 4.90 Å². The number of hydrogen-bond donors (Lipinski definition) is 2. The van der Waals surface area contributed by atoms with Gasteiger partial charge >= 0.3 is 5.97 Å². The molecule has 1 fully saturated rings. The van der Waals surface area contributed by atoms with Crippen molar-refractivity contribution in [3.63, 3.8) is 0 Å². The van der Waals surface area contributed by atoms with Gasteiger partial charge in [0.2, 0.25) is 5.91 Å². The van der Waals surface area contributed by atoms with Crippen molar-refractivity contribution in [2.75, 3.05) is 32.0 Å². The molecule has 1 aromatic heterocycles. The van der Waals surface area contributed by atoms with Gasteiger partial charge in [0.15, 0.2) is 5.69 Å². The number of aromatic nitrogens is 2. The van der Waals surface area contributed by atoms with Crippen molar-refractivity contribution in [1.29, 1.82) is 0 Å². The van der Waals surface area contributed by atoms with Crippen LogP contribution in [0.3, 0.4) is 0 Å². The molecule has 0 bridgehead atoms. The van der Waals surface area contributed by atoms with Crippen molar-refractivity contribution in [2.45, 2.75) is 6.54 Å². The second-order valence-corrected chi connectivity index (χ2v) is 3.93. The number of carboxylic acids is 1. The fourth-order valence-electron chi connectivity index (χ4n) is 1.74. The van der Waals surface area contributed by atoms with Crippen LogP contribution in [-0.2, 0) is 16.1 Å². The summed E-state index contributed by atoms with van der Waals surface area (Å²) in [6, 6.07) is 0. The van der Waals surface area contributed by atoms with Crippen molar-refractivity contribution >= 4 is 17.6 Å². The number of carbonyl (C=O) groups is 2. The predicted octanol–water partition coefficient (Wildman–Crippen LogP) is -0.978. The van der Waals surface area contributed by atoms with Gasteiger partial charge < -0.3 is 20.5 Å². The Bertz CT molecular complexity index is 464. The summed E-state index contributed by atoms with van der Waals surface area (Å²) in [7, 11) is 0. The maximum absolute atomic E-state index is 11.9. The molecule has 2 rings (SSSR count). The Hall–Kier alpha value is -2.09. The van der Waals surface area contributed by atoms with E-state index in [0.717, 1.165) is 0 Å². The van der Waals surface area contributed by atoms with Gasteiger partial charge in [-0.2, -0.15) is 5.10 Å². The number of amides is 1. The fraction of sp³-hybridized carbons (Fsp3) is 0.500. The van der Waals surface area contributed by atoms with Crippen LogP contribution in [0.4, 0.5) is 5.69 Å². The number of rotatable bonds is 3. The molecule has 0 aromatic carbocycles. The Morgan fingerprint density at radius 3 is 2.67 bits per heavy atom. The minimum Gasteiger partial charge on any atom is -0.476 e. The third kappa shape index (κ3) is 2.59. The van der Waals surface area contributed by atoms with Gasteiger partial charge in [-0.05, 0) is 0 Å². The SMILES string of the molecule is Nc1cn(CC(=O)N2CCOCC2)nc1C(=O)O. The van der Waals surface area contributed by atoms with Gasteiger partial charge in [0.25, 0.3) is 0 Å². The Labute approximate surface area is 103 Å². The number of ether oxygens (including phenoxy) is 1. The lowest BCUT2D eigenvalue weighted by Gasteiger charge is -2.26. The molecule has 0 unspecified atom stereocenters. The molecule has 98 valence electrons. The first-order chi connectivity index (χ1) is 8.58. The predicted molar refractivity (Wildman–Crippen MR) is 61.0 cm³/mol. The van der Waals surface area contributed by atoms with E-state index in [9.17, 15) is 9.59 Å². The lowest BCUT2D eigenvalue weighted by molar-refractivity contribution is -0.136. The summed E-state index contributed by atoms with van der Waals surface area (Å²) >= 11 is 0. The molecule has 2 heterocycles. The number of anilines is 1. The average Bonchev–Trinajstić information content (AvgIpc) is 2.71. The monoisotopic (exact) mass is 254 g/mol. The maximum atomic E-state index is 11.9. The van der Waals surface area contributed by atoms with Crippen LogP contribution in [0.15, 0.2) is 6.20 Å². The van der Waals surface area contributed by atoms with Crippen molar-refractivity contribution in [1.82, 2.24) is 14.7 Å². The number of aromatic carboxylic acids is 1. The standard InChI is InChI=1S/C10H14N4O4/c11-7-5-14(12-9(7)10(16)17)6-8(15)13-1-3-18-4-2-13/h5H,1-4,6,11H2,(H,16,17). The number of carboxylic acid groups (broad SMARTS) is 1. The molecule has 1 aromatic rings. The largest absolute Gasteiger partial charge is 0.476 e. The normalized spacial score (nSPS) is 15.7. The third-order valence-corrected chi connectivity index (χ3v) is 2.65. The summed E-state index contributed by atoms with van der Waals surface area (Å²) in [6.07, 6.45) is 1.35. The molecule has 1 amide bonds. The van der Waals surface area contributed by atoms with Crippen LogP contribution in [0.5, 0.6) is 0 Å². The van der Waals surface area contributed by atoms with Crippen molar-refractivity contribution in [2.24, 2.45) is 0 Å². The molecule has 18 heavy (non-hydrogen) atoms. The van der Waals surface area contributed by atoms with Gasteiger partial charge in [-0.25, -0.2) is 4.79 Å². The highest BCUT2D eigenvalue weighted by atomic mass is 16.5. The van der Waals surface area contributed by atoms with Crippen molar-refractivity contribution in [3.05, 3.63) is 11.9 Å². The lowest BCUT2D eigenvalue weighted by Crippen LogP contribution is -2.42. The molecule has 0 aliphatic carbocycles. The summed E-state index contributed by atoms with van der Waals surface area (Å²) in [4.78, 5) is 24.3. The molecule has 3 N–H and O–H groups in total. The van der Waals surface area contributed by atoms with E-state index in [4.69, 9.17) is 15.6 Å². The molecule has 0 radical (unpaired) electrons. The highest BCUT2D eigenvalue weighted by Crippen LogP contribution is 2.09. The number of nitrogen functional groups attached to an aromatic ring is 1. The first kappa shape index (κ1) is 12.4. The second kappa shape index (κ2) is 5.05.